The van der Waals surface area contributed by atoms with Gasteiger partial charge in [-0.1, -0.05) is 42.5 Å². The van der Waals surface area contributed by atoms with Crippen molar-refractivity contribution in [2.24, 2.45) is 0 Å². The SMILES string of the molecule is COc1cccc(-c2nsc(NC(=O)C3CN(Cc4ccccc4)CCO3)n2)c1. The summed E-state index contributed by atoms with van der Waals surface area (Å²) in [5.74, 6) is 1.09. The predicted molar refractivity (Wildman–Crippen MR) is 112 cm³/mol. The number of hydrogen-bond donors (Lipinski definition) is 1. The van der Waals surface area contributed by atoms with Crippen molar-refractivity contribution < 1.29 is 14.3 Å². The first-order valence-corrected chi connectivity index (χ1v) is 10.2. The summed E-state index contributed by atoms with van der Waals surface area (Å²) in [5.41, 5.74) is 2.06. The highest BCUT2D eigenvalue weighted by Crippen LogP contribution is 2.24. The van der Waals surface area contributed by atoms with Gasteiger partial charge in [0.1, 0.15) is 11.9 Å². The van der Waals surface area contributed by atoms with E-state index >= 15 is 0 Å². The molecule has 7 nitrogen and oxygen atoms in total. The summed E-state index contributed by atoms with van der Waals surface area (Å²) in [6, 6.07) is 17.7. The summed E-state index contributed by atoms with van der Waals surface area (Å²) in [5, 5.41) is 3.29. The minimum atomic E-state index is -0.531. The topological polar surface area (TPSA) is 76.6 Å². The van der Waals surface area contributed by atoms with E-state index in [1.807, 2.05) is 42.5 Å². The van der Waals surface area contributed by atoms with Crippen LogP contribution >= 0.6 is 11.5 Å². The fourth-order valence-corrected chi connectivity index (χ4v) is 3.78. The molecule has 1 unspecified atom stereocenters. The van der Waals surface area contributed by atoms with Crippen LogP contribution in [0.1, 0.15) is 5.56 Å². The molecule has 1 aliphatic rings. The second-order valence-corrected chi connectivity index (χ2v) is 7.48. The average Bonchev–Trinajstić information content (AvgIpc) is 3.23. The highest BCUT2D eigenvalue weighted by molar-refractivity contribution is 7.10. The summed E-state index contributed by atoms with van der Waals surface area (Å²) >= 11 is 1.15. The van der Waals surface area contributed by atoms with Crippen molar-refractivity contribution >= 4 is 22.6 Å². The zero-order valence-electron chi connectivity index (χ0n) is 16.1. The first-order chi connectivity index (χ1) is 14.2. The second-order valence-electron chi connectivity index (χ2n) is 6.72. The second kappa shape index (κ2) is 9.13. The zero-order valence-corrected chi connectivity index (χ0v) is 16.9. The Labute approximate surface area is 173 Å². The standard InChI is InChI=1S/C21H22N4O3S/c1-27-17-9-5-8-16(12-17)19-22-21(29-24-19)23-20(26)18-14-25(10-11-28-18)13-15-6-3-2-4-7-15/h2-9,12,18H,10-11,13-14H2,1H3,(H,22,23,24,26). The first-order valence-electron chi connectivity index (χ1n) is 9.38. The van der Waals surface area contributed by atoms with Gasteiger partial charge in [-0.05, 0) is 17.7 Å². The van der Waals surface area contributed by atoms with E-state index < -0.39 is 6.10 Å². The molecule has 0 spiro atoms. The highest BCUT2D eigenvalue weighted by atomic mass is 32.1. The first kappa shape index (κ1) is 19.5. The van der Waals surface area contributed by atoms with E-state index in [4.69, 9.17) is 9.47 Å². The maximum atomic E-state index is 12.7. The van der Waals surface area contributed by atoms with E-state index in [1.165, 1.54) is 5.56 Å². The molecule has 150 valence electrons. The minimum Gasteiger partial charge on any atom is -0.497 e. The van der Waals surface area contributed by atoms with Crippen LogP contribution in [0.3, 0.4) is 0 Å². The van der Waals surface area contributed by atoms with E-state index in [0.29, 0.717) is 24.1 Å². The fraction of sp³-hybridized carbons (Fsp3) is 0.286. The van der Waals surface area contributed by atoms with Gasteiger partial charge < -0.3 is 9.47 Å². The van der Waals surface area contributed by atoms with Crippen molar-refractivity contribution in [2.75, 3.05) is 32.1 Å². The van der Waals surface area contributed by atoms with Gasteiger partial charge in [0.15, 0.2) is 5.82 Å². The minimum absolute atomic E-state index is 0.198. The lowest BCUT2D eigenvalue weighted by atomic mass is 10.2. The molecule has 0 aliphatic carbocycles. The number of aromatic nitrogens is 2. The Kier molecular flexibility index (Phi) is 6.14. The van der Waals surface area contributed by atoms with Gasteiger partial charge in [-0.15, -0.1) is 0 Å². The largest absolute Gasteiger partial charge is 0.497 e. The molecule has 2 heterocycles. The highest BCUT2D eigenvalue weighted by Gasteiger charge is 2.27. The molecule has 1 saturated heterocycles. The Bertz CT molecular complexity index is 963. The third kappa shape index (κ3) is 4.97. The summed E-state index contributed by atoms with van der Waals surface area (Å²) in [4.78, 5) is 19.3. The molecule has 0 saturated carbocycles. The number of amides is 1. The third-order valence-corrected chi connectivity index (χ3v) is 5.31. The average molecular weight is 410 g/mol. The van der Waals surface area contributed by atoms with Crippen LogP contribution in [-0.2, 0) is 16.1 Å². The van der Waals surface area contributed by atoms with Gasteiger partial charge in [0.05, 0.1) is 13.7 Å². The number of carbonyl (C=O) groups is 1. The smallest absolute Gasteiger partial charge is 0.256 e. The van der Waals surface area contributed by atoms with Crippen LogP contribution in [0.15, 0.2) is 54.6 Å². The molecule has 3 aromatic rings. The Hall–Kier alpha value is -2.81. The summed E-state index contributed by atoms with van der Waals surface area (Å²) in [7, 11) is 1.62. The van der Waals surface area contributed by atoms with E-state index in [2.05, 4.69) is 31.7 Å². The van der Waals surface area contributed by atoms with Crippen molar-refractivity contribution in [3.63, 3.8) is 0 Å². The molecular weight excluding hydrogens is 388 g/mol. The van der Waals surface area contributed by atoms with Crippen LogP contribution < -0.4 is 10.1 Å². The number of carbonyl (C=O) groups excluding carboxylic acids is 1. The number of anilines is 1. The predicted octanol–water partition coefficient (Wildman–Crippen LogP) is 3.05. The van der Waals surface area contributed by atoms with Crippen LogP contribution in [0.25, 0.3) is 11.4 Å². The summed E-state index contributed by atoms with van der Waals surface area (Å²) in [6.45, 7) is 2.67. The Morgan fingerprint density at radius 1 is 1.28 bits per heavy atom. The third-order valence-electron chi connectivity index (χ3n) is 4.68. The molecule has 1 N–H and O–H groups in total. The molecule has 1 aromatic heterocycles. The number of nitrogens with one attached hydrogen (secondary N) is 1. The van der Waals surface area contributed by atoms with Crippen molar-refractivity contribution in [2.45, 2.75) is 12.6 Å². The summed E-state index contributed by atoms with van der Waals surface area (Å²) in [6.07, 6.45) is -0.531. The molecule has 8 heteroatoms. The van der Waals surface area contributed by atoms with Gasteiger partial charge >= 0.3 is 0 Å². The van der Waals surface area contributed by atoms with Crippen molar-refractivity contribution in [3.05, 3.63) is 60.2 Å². The number of ether oxygens (including phenoxy) is 2. The van der Waals surface area contributed by atoms with Crippen LogP contribution in [0, 0.1) is 0 Å². The van der Waals surface area contributed by atoms with Crippen molar-refractivity contribution in [3.8, 4) is 17.1 Å². The van der Waals surface area contributed by atoms with Crippen LogP contribution in [-0.4, -0.2) is 53.1 Å². The Balaban J connectivity index is 1.37. The lowest BCUT2D eigenvalue weighted by molar-refractivity contribution is -0.133. The maximum absolute atomic E-state index is 12.7. The molecule has 2 aromatic carbocycles. The molecule has 1 atom stereocenters. The number of benzene rings is 2. The number of methoxy groups -OCH3 is 1. The number of hydrogen-bond acceptors (Lipinski definition) is 7. The van der Waals surface area contributed by atoms with E-state index in [9.17, 15) is 4.79 Å². The van der Waals surface area contributed by atoms with E-state index in [-0.39, 0.29) is 5.91 Å². The van der Waals surface area contributed by atoms with Gasteiger partial charge in [-0.2, -0.15) is 9.36 Å². The van der Waals surface area contributed by atoms with Gasteiger partial charge in [-0.3, -0.25) is 15.0 Å². The van der Waals surface area contributed by atoms with Gasteiger partial charge in [0.2, 0.25) is 5.13 Å². The molecule has 29 heavy (non-hydrogen) atoms. The lowest BCUT2D eigenvalue weighted by Crippen LogP contribution is -2.47. The summed E-state index contributed by atoms with van der Waals surface area (Å²) < 4.78 is 15.3. The van der Waals surface area contributed by atoms with Gasteiger partial charge in [0.25, 0.3) is 5.91 Å². The van der Waals surface area contributed by atoms with E-state index in [0.717, 1.165) is 35.9 Å². The maximum Gasteiger partial charge on any atom is 0.256 e. The Morgan fingerprint density at radius 2 is 2.14 bits per heavy atom. The van der Waals surface area contributed by atoms with Crippen LogP contribution in [0.4, 0.5) is 5.13 Å². The normalized spacial score (nSPS) is 17.1. The van der Waals surface area contributed by atoms with Crippen LogP contribution in [0.2, 0.25) is 0 Å². The molecule has 1 amide bonds. The molecule has 4 rings (SSSR count). The van der Waals surface area contributed by atoms with Crippen molar-refractivity contribution in [1.29, 1.82) is 0 Å². The number of nitrogens with zero attached hydrogens (tertiary/aromatic N) is 3. The molecule has 1 aliphatic heterocycles. The van der Waals surface area contributed by atoms with Crippen LogP contribution in [0.5, 0.6) is 5.75 Å². The zero-order chi connectivity index (χ0) is 20.1. The molecule has 1 fully saturated rings. The monoisotopic (exact) mass is 410 g/mol. The van der Waals surface area contributed by atoms with Crippen molar-refractivity contribution in [1.82, 2.24) is 14.3 Å². The molecule has 0 radical (unpaired) electrons. The van der Waals surface area contributed by atoms with Gasteiger partial charge in [-0.25, -0.2) is 0 Å². The quantitative estimate of drug-likeness (QED) is 0.673. The lowest BCUT2D eigenvalue weighted by Gasteiger charge is -2.31. The fourth-order valence-electron chi connectivity index (χ4n) is 3.19. The van der Waals surface area contributed by atoms with Gasteiger partial charge in [0, 0.05) is 36.7 Å². The Morgan fingerprint density at radius 3 is 2.97 bits per heavy atom. The van der Waals surface area contributed by atoms with E-state index in [1.54, 1.807) is 7.11 Å². The number of rotatable bonds is 6. The molecular formula is C21H22N4O3S. The number of morpholine rings is 1. The molecule has 0 bridgehead atoms.